The van der Waals surface area contributed by atoms with E-state index in [4.69, 9.17) is 46.4 Å². The number of hydrogen-bond donors (Lipinski definition) is 4. The first kappa shape index (κ1) is 26.4. The van der Waals surface area contributed by atoms with E-state index in [1.807, 2.05) is 0 Å². The third-order valence-electron chi connectivity index (χ3n) is 5.96. The fraction of sp³-hybridized carbons (Fsp3) is 0.348. The van der Waals surface area contributed by atoms with Crippen LogP contribution in [0.3, 0.4) is 0 Å². The van der Waals surface area contributed by atoms with E-state index in [9.17, 15) is 19.5 Å². The second-order valence-corrected chi connectivity index (χ2v) is 10.00. The molecule has 0 unspecified atom stereocenters. The number of rotatable bonds is 6. The van der Waals surface area contributed by atoms with Crippen LogP contribution in [0.1, 0.15) is 49.4 Å². The van der Waals surface area contributed by atoms with Crippen LogP contribution in [0.4, 0.5) is 16.2 Å². The molecule has 0 spiro atoms. The quantitative estimate of drug-likeness (QED) is 0.310. The van der Waals surface area contributed by atoms with Crippen molar-refractivity contribution in [3.8, 4) is 0 Å². The zero-order valence-electron chi connectivity index (χ0n) is 18.2. The number of carboxylic acids is 1. The molecule has 1 fully saturated rings. The minimum Gasteiger partial charge on any atom is -0.480 e. The Balaban J connectivity index is 1.83. The number of nitrogens with one attached hydrogen (secondary N) is 3. The largest absolute Gasteiger partial charge is 0.480 e. The van der Waals surface area contributed by atoms with Crippen molar-refractivity contribution in [1.82, 2.24) is 5.32 Å². The van der Waals surface area contributed by atoms with E-state index < -0.39 is 23.4 Å². The van der Waals surface area contributed by atoms with Crippen molar-refractivity contribution in [3.05, 3.63) is 56.0 Å². The third kappa shape index (κ3) is 6.08. The summed E-state index contributed by atoms with van der Waals surface area (Å²) in [4.78, 5) is 38.0. The summed E-state index contributed by atoms with van der Waals surface area (Å²) < 4.78 is 0. The van der Waals surface area contributed by atoms with Crippen molar-refractivity contribution in [2.75, 3.05) is 10.6 Å². The highest BCUT2D eigenvalue weighted by atomic mass is 35.5. The second kappa shape index (κ2) is 11.0. The van der Waals surface area contributed by atoms with Crippen LogP contribution in [0.2, 0.25) is 20.1 Å². The average Bonchev–Trinajstić information content (AvgIpc) is 2.76. The normalized spacial score (nSPS) is 15.8. The molecule has 2 aromatic carbocycles. The SMILES string of the molecule is C[C@@](NC(=O)c1ccc(Cl)cc1NC(=O)Nc1c(Cl)cc(Cl)cc1Cl)(C(=O)O)C1CCCCC1. The minimum atomic E-state index is -1.46. The summed E-state index contributed by atoms with van der Waals surface area (Å²) in [5.41, 5.74) is -1.19. The molecule has 1 aliphatic rings. The topological polar surface area (TPSA) is 108 Å². The fourth-order valence-electron chi connectivity index (χ4n) is 4.06. The highest BCUT2D eigenvalue weighted by molar-refractivity contribution is 6.42. The number of amides is 3. The Morgan fingerprint density at radius 3 is 2.12 bits per heavy atom. The van der Waals surface area contributed by atoms with Crippen LogP contribution in [0, 0.1) is 5.92 Å². The summed E-state index contributed by atoms with van der Waals surface area (Å²) in [5, 5.41) is 18.5. The number of carbonyl (C=O) groups excluding carboxylic acids is 2. The molecule has 1 atom stereocenters. The standard InChI is InChI=1S/C23H23Cl4N3O4/c1-23(21(32)33,12-5-3-2-4-6-12)30-20(31)15-8-7-13(24)11-18(15)28-22(34)29-19-16(26)9-14(25)10-17(19)27/h7-12H,2-6H2,1H3,(H,30,31)(H,32,33)(H2,28,29,34)/t23-/m0/s1. The fourth-order valence-corrected chi connectivity index (χ4v) is 5.14. The molecule has 3 rings (SSSR count). The Kier molecular flexibility index (Phi) is 8.57. The van der Waals surface area contributed by atoms with Crippen molar-refractivity contribution >= 4 is 75.7 Å². The van der Waals surface area contributed by atoms with E-state index in [0.29, 0.717) is 17.9 Å². The van der Waals surface area contributed by atoms with Gasteiger partial charge in [-0.15, -0.1) is 0 Å². The van der Waals surface area contributed by atoms with Crippen LogP contribution in [0.5, 0.6) is 0 Å². The highest BCUT2D eigenvalue weighted by Gasteiger charge is 2.43. The molecular formula is C23H23Cl4N3O4. The van der Waals surface area contributed by atoms with Crippen LogP contribution in [0.15, 0.2) is 30.3 Å². The van der Waals surface area contributed by atoms with Gasteiger partial charge in [0, 0.05) is 10.0 Å². The van der Waals surface area contributed by atoms with E-state index in [-0.39, 0.29) is 37.9 Å². The van der Waals surface area contributed by atoms with Gasteiger partial charge in [0.2, 0.25) is 0 Å². The Bertz CT molecular complexity index is 1100. The van der Waals surface area contributed by atoms with Gasteiger partial charge in [0.1, 0.15) is 5.54 Å². The molecule has 3 amide bonds. The molecule has 2 aromatic rings. The van der Waals surface area contributed by atoms with Crippen LogP contribution in [-0.4, -0.2) is 28.6 Å². The lowest BCUT2D eigenvalue weighted by Crippen LogP contribution is -2.57. The van der Waals surface area contributed by atoms with Crippen LogP contribution in [0.25, 0.3) is 0 Å². The number of anilines is 2. The number of benzene rings is 2. The lowest BCUT2D eigenvalue weighted by atomic mass is 9.75. The van der Waals surface area contributed by atoms with Crippen LogP contribution < -0.4 is 16.0 Å². The van der Waals surface area contributed by atoms with Crippen LogP contribution >= 0.6 is 46.4 Å². The van der Waals surface area contributed by atoms with Gasteiger partial charge in [-0.2, -0.15) is 0 Å². The van der Waals surface area contributed by atoms with E-state index in [0.717, 1.165) is 19.3 Å². The number of carbonyl (C=O) groups is 3. The van der Waals surface area contributed by atoms with Gasteiger partial charge >= 0.3 is 12.0 Å². The molecule has 0 aliphatic heterocycles. The van der Waals surface area contributed by atoms with Gasteiger partial charge in [0.25, 0.3) is 5.91 Å². The van der Waals surface area contributed by atoms with Crippen molar-refractivity contribution < 1.29 is 19.5 Å². The molecular weight excluding hydrogens is 524 g/mol. The Hall–Kier alpha value is -2.19. The molecule has 0 bridgehead atoms. The summed E-state index contributed by atoms with van der Waals surface area (Å²) >= 11 is 24.2. The molecule has 0 aromatic heterocycles. The molecule has 4 N–H and O–H groups in total. The highest BCUT2D eigenvalue weighted by Crippen LogP contribution is 2.35. The van der Waals surface area contributed by atoms with Gasteiger partial charge in [-0.05, 0) is 56.0 Å². The molecule has 11 heteroatoms. The van der Waals surface area contributed by atoms with Crippen molar-refractivity contribution in [3.63, 3.8) is 0 Å². The van der Waals surface area contributed by atoms with E-state index in [1.54, 1.807) is 0 Å². The number of halogens is 4. The summed E-state index contributed by atoms with van der Waals surface area (Å²) in [6.45, 7) is 1.52. The zero-order chi connectivity index (χ0) is 25.0. The lowest BCUT2D eigenvalue weighted by molar-refractivity contribution is -0.146. The predicted octanol–water partition coefficient (Wildman–Crippen LogP) is 7.10. The molecule has 1 saturated carbocycles. The molecule has 1 aliphatic carbocycles. The van der Waals surface area contributed by atoms with Crippen LogP contribution in [-0.2, 0) is 4.79 Å². The summed E-state index contributed by atoms with van der Waals surface area (Å²) in [6.07, 6.45) is 4.28. The minimum absolute atomic E-state index is 0.0520. The Labute approximate surface area is 217 Å². The third-order valence-corrected chi connectivity index (χ3v) is 7.01. The van der Waals surface area contributed by atoms with Crippen molar-refractivity contribution in [2.45, 2.75) is 44.6 Å². The number of carboxylic acid groups (broad SMARTS) is 1. The molecule has 7 nitrogen and oxygen atoms in total. The van der Waals surface area contributed by atoms with Gasteiger partial charge in [0.05, 0.1) is 27.0 Å². The predicted molar refractivity (Wildman–Crippen MR) is 136 cm³/mol. The van der Waals surface area contributed by atoms with Gasteiger partial charge in [-0.1, -0.05) is 65.7 Å². The van der Waals surface area contributed by atoms with E-state index in [2.05, 4.69) is 16.0 Å². The van der Waals surface area contributed by atoms with Gasteiger partial charge in [-0.25, -0.2) is 9.59 Å². The first-order valence-corrected chi connectivity index (χ1v) is 12.1. The first-order chi connectivity index (χ1) is 16.0. The van der Waals surface area contributed by atoms with Gasteiger partial charge in [0.15, 0.2) is 0 Å². The molecule has 0 radical (unpaired) electrons. The Morgan fingerprint density at radius 2 is 1.53 bits per heavy atom. The monoisotopic (exact) mass is 545 g/mol. The number of hydrogen-bond acceptors (Lipinski definition) is 3. The summed E-state index contributed by atoms with van der Waals surface area (Å²) in [7, 11) is 0. The van der Waals surface area contributed by atoms with Crippen molar-refractivity contribution in [1.29, 1.82) is 0 Å². The molecule has 0 saturated heterocycles. The maximum atomic E-state index is 13.2. The molecule has 0 heterocycles. The summed E-state index contributed by atoms with van der Waals surface area (Å²) in [5.74, 6) is -1.96. The van der Waals surface area contributed by atoms with Crippen molar-refractivity contribution in [2.24, 2.45) is 5.92 Å². The maximum Gasteiger partial charge on any atom is 0.329 e. The Morgan fingerprint density at radius 1 is 0.912 bits per heavy atom. The van der Waals surface area contributed by atoms with E-state index in [1.165, 1.54) is 37.3 Å². The second-order valence-electron chi connectivity index (χ2n) is 8.31. The summed E-state index contributed by atoms with van der Waals surface area (Å²) in [6, 6.07) is 6.38. The maximum absolute atomic E-state index is 13.2. The lowest BCUT2D eigenvalue weighted by Gasteiger charge is -2.37. The smallest absolute Gasteiger partial charge is 0.329 e. The zero-order valence-corrected chi connectivity index (χ0v) is 21.2. The number of aliphatic carboxylic acids is 1. The molecule has 34 heavy (non-hydrogen) atoms. The molecule has 182 valence electrons. The average molecular weight is 547 g/mol. The first-order valence-electron chi connectivity index (χ1n) is 10.6. The van der Waals surface area contributed by atoms with E-state index >= 15 is 0 Å². The van der Waals surface area contributed by atoms with Gasteiger partial charge < -0.3 is 21.1 Å². The van der Waals surface area contributed by atoms with Gasteiger partial charge in [-0.3, -0.25) is 4.79 Å². The number of urea groups is 1.